The van der Waals surface area contributed by atoms with Crippen molar-refractivity contribution in [3.63, 3.8) is 0 Å². The Hall–Kier alpha value is -0.810. The molecule has 0 aromatic carbocycles. The van der Waals surface area contributed by atoms with Crippen molar-refractivity contribution in [2.24, 2.45) is 11.8 Å². The molecule has 110 valence electrons. The van der Waals surface area contributed by atoms with Crippen molar-refractivity contribution in [3.8, 4) is 0 Å². The first-order valence-electron chi connectivity index (χ1n) is 7.34. The molecule has 0 aliphatic carbocycles. The number of nitrogens with zero attached hydrogens (tertiary/aromatic N) is 2. The van der Waals surface area contributed by atoms with E-state index in [4.69, 9.17) is 4.74 Å². The predicted octanol–water partition coefficient (Wildman–Crippen LogP) is 1.00. The molecule has 2 aliphatic heterocycles. The van der Waals surface area contributed by atoms with Crippen LogP contribution < -0.4 is 5.32 Å². The van der Waals surface area contributed by atoms with Crippen LogP contribution in [0.1, 0.15) is 19.8 Å². The third-order valence-corrected chi connectivity index (χ3v) is 4.22. The second-order valence-electron chi connectivity index (χ2n) is 6.22. The van der Waals surface area contributed by atoms with E-state index in [-0.39, 0.29) is 12.1 Å². The van der Waals surface area contributed by atoms with Gasteiger partial charge in [-0.3, -0.25) is 0 Å². The van der Waals surface area contributed by atoms with E-state index in [1.807, 2.05) is 4.90 Å². The van der Waals surface area contributed by atoms with Crippen molar-refractivity contribution in [1.29, 1.82) is 0 Å². The van der Waals surface area contributed by atoms with Crippen molar-refractivity contribution in [1.82, 2.24) is 15.1 Å². The topological polar surface area (TPSA) is 44.8 Å². The molecular formula is C14H27N3O2. The van der Waals surface area contributed by atoms with Crippen LogP contribution in [0.25, 0.3) is 0 Å². The molecule has 3 atom stereocenters. The summed E-state index contributed by atoms with van der Waals surface area (Å²) in [5.74, 6) is 1.09. The minimum Gasteiger partial charge on any atom is -0.381 e. The molecule has 3 unspecified atom stereocenters. The number of urea groups is 1. The summed E-state index contributed by atoms with van der Waals surface area (Å²) in [6, 6.07) is 0.309. The SMILES string of the molecule is CC(NC(=O)N1CCC(CN(C)C)C1)C1CCOC1. The number of rotatable bonds is 4. The van der Waals surface area contributed by atoms with Crippen LogP contribution in [0.4, 0.5) is 4.79 Å². The quantitative estimate of drug-likeness (QED) is 0.828. The zero-order chi connectivity index (χ0) is 13.8. The molecule has 0 aromatic rings. The maximum absolute atomic E-state index is 12.2. The van der Waals surface area contributed by atoms with E-state index in [9.17, 15) is 4.79 Å². The molecule has 0 aromatic heterocycles. The molecule has 2 amide bonds. The van der Waals surface area contributed by atoms with E-state index in [2.05, 4.69) is 31.2 Å². The largest absolute Gasteiger partial charge is 0.381 e. The third-order valence-electron chi connectivity index (χ3n) is 4.22. The van der Waals surface area contributed by atoms with Crippen molar-refractivity contribution in [2.75, 3.05) is 46.9 Å². The minimum atomic E-state index is 0.0978. The van der Waals surface area contributed by atoms with Gasteiger partial charge in [-0.2, -0.15) is 0 Å². The average molecular weight is 269 g/mol. The Balaban J connectivity index is 1.74. The predicted molar refractivity (Wildman–Crippen MR) is 75.2 cm³/mol. The van der Waals surface area contributed by atoms with Crippen LogP contribution in [-0.2, 0) is 4.74 Å². The number of ether oxygens (including phenoxy) is 1. The molecule has 2 heterocycles. The van der Waals surface area contributed by atoms with E-state index >= 15 is 0 Å². The number of carbonyl (C=O) groups is 1. The van der Waals surface area contributed by atoms with Gasteiger partial charge in [0.2, 0.25) is 0 Å². The monoisotopic (exact) mass is 269 g/mol. The third kappa shape index (κ3) is 4.08. The summed E-state index contributed by atoms with van der Waals surface area (Å²) in [5.41, 5.74) is 0. The highest BCUT2D eigenvalue weighted by molar-refractivity contribution is 5.74. The van der Waals surface area contributed by atoms with Crippen LogP contribution >= 0.6 is 0 Å². The first-order chi connectivity index (χ1) is 9.06. The fourth-order valence-electron chi connectivity index (χ4n) is 3.03. The molecule has 0 saturated carbocycles. The van der Waals surface area contributed by atoms with E-state index in [1.165, 1.54) is 0 Å². The van der Waals surface area contributed by atoms with E-state index in [0.717, 1.165) is 45.7 Å². The summed E-state index contributed by atoms with van der Waals surface area (Å²) in [7, 11) is 4.18. The summed E-state index contributed by atoms with van der Waals surface area (Å²) < 4.78 is 5.38. The van der Waals surface area contributed by atoms with E-state index in [1.54, 1.807) is 0 Å². The molecule has 1 N–H and O–H groups in total. The Morgan fingerprint density at radius 3 is 2.89 bits per heavy atom. The lowest BCUT2D eigenvalue weighted by Crippen LogP contribution is -2.45. The summed E-state index contributed by atoms with van der Waals surface area (Å²) >= 11 is 0. The van der Waals surface area contributed by atoms with Gasteiger partial charge < -0.3 is 19.9 Å². The van der Waals surface area contributed by atoms with Gasteiger partial charge in [0.1, 0.15) is 0 Å². The number of carbonyl (C=O) groups excluding carboxylic acids is 1. The first kappa shape index (κ1) is 14.6. The molecule has 2 fully saturated rings. The molecule has 19 heavy (non-hydrogen) atoms. The molecule has 5 nitrogen and oxygen atoms in total. The Morgan fingerprint density at radius 1 is 1.47 bits per heavy atom. The van der Waals surface area contributed by atoms with Crippen LogP contribution in [0.5, 0.6) is 0 Å². The minimum absolute atomic E-state index is 0.0978. The van der Waals surface area contributed by atoms with Crippen LogP contribution in [0.15, 0.2) is 0 Å². The first-order valence-corrected chi connectivity index (χ1v) is 7.34. The number of hydrogen-bond donors (Lipinski definition) is 1. The fraction of sp³-hybridized carbons (Fsp3) is 0.929. The van der Waals surface area contributed by atoms with Gasteiger partial charge >= 0.3 is 6.03 Å². The van der Waals surface area contributed by atoms with E-state index in [0.29, 0.717) is 11.8 Å². The highest BCUT2D eigenvalue weighted by Gasteiger charge is 2.29. The smallest absolute Gasteiger partial charge is 0.317 e. The average Bonchev–Trinajstić information content (AvgIpc) is 2.97. The summed E-state index contributed by atoms with van der Waals surface area (Å²) in [5, 5.41) is 3.13. The second-order valence-corrected chi connectivity index (χ2v) is 6.22. The maximum atomic E-state index is 12.2. The molecular weight excluding hydrogens is 242 g/mol. The zero-order valence-corrected chi connectivity index (χ0v) is 12.4. The molecule has 5 heteroatoms. The van der Waals surface area contributed by atoms with Crippen LogP contribution in [-0.4, -0.2) is 68.8 Å². The molecule has 2 aliphatic rings. The Morgan fingerprint density at radius 2 is 2.26 bits per heavy atom. The van der Waals surface area contributed by atoms with Gasteiger partial charge in [0, 0.05) is 38.2 Å². The molecule has 0 bridgehead atoms. The molecule has 2 rings (SSSR count). The van der Waals surface area contributed by atoms with Gasteiger partial charge in [0.25, 0.3) is 0 Å². The number of hydrogen-bond acceptors (Lipinski definition) is 3. The van der Waals surface area contributed by atoms with Crippen LogP contribution in [0, 0.1) is 11.8 Å². The Bertz CT molecular complexity index is 303. The van der Waals surface area contributed by atoms with Gasteiger partial charge in [-0.25, -0.2) is 4.79 Å². The lowest BCUT2D eigenvalue weighted by Gasteiger charge is -2.24. The second kappa shape index (κ2) is 6.57. The molecule has 0 spiro atoms. The highest BCUT2D eigenvalue weighted by atomic mass is 16.5. The molecule has 2 saturated heterocycles. The lowest BCUT2D eigenvalue weighted by molar-refractivity contribution is 0.173. The summed E-state index contributed by atoms with van der Waals surface area (Å²) in [6.07, 6.45) is 2.18. The van der Waals surface area contributed by atoms with Gasteiger partial charge in [0.15, 0.2) is 0 Å². The van der Waals surface area contributed by atoms with Crippen molar-refractivity contribution in [3.05, 3.63) is 0 Å². The lowest BCUT2D eigenvalue weighted by atomic mass is 10.0. The van der Waals surface area contributed by atoms with Crippen molar-refractivity contribution >= 4 is 6.03 Å². The highest BCUT2D eigenvalue weighted by Crippen LogP contribution is 2.19. The standard InChI is InChI=1S/C14H27N3O2/c1-11(13-5-7-19-10-13)15-14(18)17-6-4-12(9-17)8-16(2)3/h11-13H,4-10H2,1-3H3,(H,15,18). The van der Waals surface area contributed by atoms with Gasteiger partial charge in [-0.1, -0.05) is 0 Å². The summed E-state index contributed by atoms with van der Waals surface area (Å²) in [4.78, 5) is 16.4. The van der Waals surface area contributed by atoms with Gasteiger partial charge in [-0.15, -0.1) is 0 Å². The van der Waals surface area contributed by atoms with E-state index < -0.39 is 0 Å². The molecule has 0 radical (unpaired) electrons. The Labute approximate surface area is 116 Å². The number of likely N-dealkylation sites (tertiary alicyclic amines) is 1. The normalized spacial score (nSPS) is 28.9. The van der Waals surface area contributed by atoms with Crippen LogP contribution in [0.3, 0.4) is 0 Å². The summed E-state index contributed by atoms with van der Waals surface area (Å²) in [6.45, 7) is 6.54. The van der Waals surface area contributed by atoms with Crippen LogP contribution in [0.2, 0.25) is 0 Å². The van der Waals surface area contributed by atoms with Gasteiger partial charge in [-0.05, 0) is 39.8 Å². The fourth-order valence-corrected chi connectivity index (χ4v) is 3.03. The van der Waals surface area contributed by atoms with Crippen molar-refractivity contribution < 1.29 is 9.53 Å². The Kier molecular flexibility index (Phi) is 5.05. The van der Waals surface area contributed by atoms with Gasteiger partial charge in [0.05, 0.1) is 6.61 Å². The zero-order valence-electron chi connectivity index (χ0n) is 12.4. The maximum Gasteiger partial charge on any atom is 0.317 e. The number of nitrogens with one attached hydrogen (secondary N) is 1. The van der Waals surface area contributed by atoms with Crippen molar-refractivity contribution in [2.45, 2.75) is 25.8 Å². The number of amides is 2.